The number of methoxy groups -OCH3 is 1. The summed E-state index contributed by atoms with van der Waals surface area (Å²) in [4.78, 5) is 22.0. The molecule has 0 bridgehead atoms. The molecular weight excluding hydrogens is 460 g/mol. The number of hydrogen-bond acceptors (Lipinski definition) is 4. The number of imidazole rings is 1. The van der Waals surface area contributed by atoms with Crippen LogP contribution in [0.3, 0.4) is 0 Å². The highest BCUT2D eigenvalue weighted by atomic mass is 35.5. The molecule has 0 atom stereocenters. The highest BCUT2D eigenvalue weighted by Crippen LogP contribution is 2.30. The molecule has 1 aromatic heterocycles. The normalized spacial score (nSPS) is 11.1. The zero-order chi connectivity index (χ0) is 25.0. The third kappa shape index (κ3) is 7.58. The van der Waals surface area contributed by atoms with Crippen molar-refractivity contribution in [2.75, 3.05) is 38.2 Å². The predicted octanol–water partition coefficient (Wildman–Crippen LogP) is 6.47. The van der Waals surface area contributed by atoms with Crippen molar-refractivity contribution < 1.29 is 9.53 Å². The van der Waals surface area contributed by atoms with Crippen molar-refractivity contribution in [3.63, 3.8) is 0 Å². The van der Waals surface area contributed by atoms with Gasteiger partial charge in [0, 0.05) is 42.4 Å². The van der Waals surface area contributed by atoms with Crippen LogP contribution < -0.4 is 9.64 Å². The molecule has 0 aliphatic rings. The fourth-order valence-corrected chi connectivity index (χ4v) is 4.38. The molecule has 3 aromatic rings. The minimum absolute atomic E-state index is 0.0533. The maximum Gasteiger partial charge on any atom is 0.258 e. The number of carbonyl (C=O) groups excluding carboxylic acids is 1. The molecule has 188 valence electrons. The number of hydrogen-bond donors (Lipinski definition) is 0. The van der Waals surface area contributed by atoms with Crippen LogP contribution in [0.4, 0.5) is 5.69 Å². The smallest absolute Gasteiger partial charge is 0.258 e. The molecule has 1 heterocycles. The first-order valence-electron chi connectivity index (χ1n) is 12.5. The van der Waals surface area contributed by atoms with Crippen LogP contribution in [0.5, 0.6) is 5.75 Å². The minimum atomic E-state index is -0.0533. The fourth-order valence-electron chi connectivity index (χ4n) is 4.12. The second-order valence-corrected chi connectivity index (χ2v) is 9.05. The predicted molar refractivity (Wildman–Crippen MR) is 144 cm³/mol. The molecule has 0 aliphatic carbocycles. The Hall–Kier alpha value is -2.83. The number of likely N-dealkylation sites (N-methyl/N-ethyl adjacent to an activating group) is 1. The second kappa shape index (κ2) is 13.9. The lowest BCUT2D eigenvalue weighted by molar-refractivity contribution is 0.0983. The Bertz CT molecular complexity index is 1040. The van der Waals surface area contributed by atoms with Crippen LogP contribution in [0.15, 0.2) is 61.2 Å². The van der Waals surface area contributed by atoms with Gasteiger partial charge < -0.3 is 19.1 Å². The summed E-state index contributed by atoms with van der Waals surface area (Å²) < 4.78 is 7.22. The summed E-state index contributed by atoms with van der Waals surface area (Å²) in [6.45, 7) is 7.79. The van der Waals surface area contributed by atoms with Gasteiger partial charge in [0.1, 0.15) is 5.75 Å². The zero-order valence-corrected chi connectivity index (χ0v) is 21.9. The lowest BCUT2D eigenvalue weighted by Crippen LogP contribution is -2.39. The molecule has 2 aromatic carbocycles. The van der Waals surface area contributed by atoms with Gasteiger partial charge in [0.05, 0.1) is 18.5 Å². The van der Waals surface area contributed by atoms with Crippen molar-refractivity contribution in [1.82, 2.24) is 14.5 Å². The van der Waals surface area contributed by atoms with Gasteiger partial charge in [-0.25, -0.2) is 4.98 Å². The number of benzene rings is 2. The topological polar surface area (TPSA) is 50.6 Å². The molecular formula is C28H37ClN4O2. The monoisotopic (exact) mass is 496 g/mol. The number of anilines is 1. The van der Waals surface area contributed by atoms with Crippen molar-refractivity contribution in [3.05, 3.63) is 71.8 Å². The maximum atomic E-state index is 13.7. The summed E-state index contributed by atoms with van der Waals surface area (Å²) in [5, 5.41) is 0.488. The molecule has 7 heteroatoms. The third-order valence-electron chi connectivity index (χ3n) is 6.27. The van der Waals surface area contributed by atoms with Gasteiger partial charge in [0.15, 0.2) is 0 Å². The van der Waals surface area contributed by atoms with Gasteiger partial charge in [-0.05, 0) is 62.0 Å². The molecule has 0 N–H and O–H groups in total. The van der Waals surface area contributed by atoms with Gasteiger partial charge in [-0.1, -0.05) is 51.1 Å². The number of carbonyl (C=O) groups is 1. The molecule has 0 aliphatic heterocycles. The lowest BCUT2D eigenvalue weighted by Gasteiger charge is -2.28. The van der Waals surface area contributed by atoms with Gasteiger partial charge in [-0.15, -0.1) is 0 Å². The Balaban J connectivity index is 1.76. The first-order chi connectivity index (χ1) is 17.1. The molecule has 3 rings (SSSR count). The standard InChI is InChI=1S/C28H37ClN4O2/c1-4-6-7-8-9-17-31(5-2)19-20-33(25-14-15-27(35-3)26(29)21-25)28(34)23-10-12-24(13-11-23)32-18-16-30-22-32/h10-16,18,21-22H,4-9,17,19-20H2,1-3H3. The summed E-state index contributed by atoms with van der Waals surface area (Å²) in [6, 6.07) is 13.1. The number of ether oxygens (including phenoxy) is 1. The maximum absolute atomic E-state index is 13.7. The molecule has 0 saturated carbocycles. The van der Waals surface area contributed by atoms with Crippen molar-refractivity contribution in [1.29, 1.82) is 0 Å². The van der Waals surface area contributed by atoms with Gasteiger partial charge >= 0.3 is 0 Å². The summed E-state index contributed by atoms with van der Waals surface area (Å²) in [5.41, 5.74) is 2.35. The average molecular weight is 497 g/mol. The summed E-state index contributed by atoms with van der Waals surface area (Å²) in [6.07, 6.45) is 11.6. The molecule has 0 fully saturated rings. The Morgan fingerprint density at radius 3 is 2.40 bits per heavy atom. The summed E-state index contributed by atoms with van der Waals surface area (Å²) in [5.74, 6) is 0.539. The minimum Gasteiger partial charge on any atom is -0.495 e. The number of halogens is 1. The highest BCUT2D eigenvalue weighted by Gasteiger charge is 2.20. The number of rotatable bonds is 14. The van der Waals surface area contributed by atoms with E-state index in [-0.39, 0.29) is 5.91 Å². The molecule has 0 spiro atoms. The third-order valence-corrected chi connectivity index (χ3v) is 6.57. The van der Waals surface area contributed by atoms with Crippen LogP contribution in [0.2, 0.25) is 5.02 Å². The van der Waals surface area contributed by atoms with Crippen LogP contribution in [-0.4, -0.2) is 53.6 Å². The number of aromatic nitrogens is 2. The van der Waals surface area contributed by atoms with E-state index in [1.54, 1.807) is 25.7 Å². The van der Waals surface area contributed by atoms with E-state index in [0.717, 1.165) is 31.0 Å². The SMILES string of the molecule is CCCCCCCN(CC)CCN(C(=O)c1ccc(-n2ccnc2)cc1)c1ccc(OC)c(Cl)c1. The van der Waals surface area contributed by atoms with E-state index in [2.05, 4.69) is 23.7 Å². The van der Waals surface area contributed by atoms with E-state index in [1.165, 1.54) is 32.1 Å². The van der Waals surface area contributed by atoms with Crippen molar-refractivity contribution in [2.24, 2.45) is 0 Å². The molecule has 35 heavy (non-hydrogen) atoms. The van der Waals surface area contributed by atoms with E-state index < -0.39 is 0 Å². The largest absolute Gasteiger partial charge is 0.495 e. The zero-order valence-electron chi connectivity index (χ0n) is 21.1. The first kappa shape index (κ1) is 26.8. The van der Waals surface area contributed by atoms with E-state index in [0.29, 0.717) is 22.9 Å². The van der Waals surface area contributed by atoms with Gasteiger partial charge in [-0.3, -0.25) is 4.79 Å². The Morgan fingerprint density at radius 1 is 1.00 bits per heavy atom. The van der Waals surface area contributed by atoms with Crippen LogP contribution in [0, 0.1) is 0 Å². The van der Waals surface area contributed by atoms with Crippen LogP contribution in [-0.2, 0) is 0 Å². The molecule has 0 saturated heterocycles. The van der Waals surface area contributed by atoms with E-state index in [9.17, 15) is 4.79 Å². The van der Waals surface area contributed by atoms with Crippen LogP contribution in [0.25, 0.3) is 5.69 Å². The van der Waals surface area contributed by atoms with Gasteiger partial charge in [-0.2, -0.15) is 0 Å². The summed E-state index contributed by atoms with van der Waals surface area (Å²) in [7, 11) is 1.59. The Morgan fingerprint density at radius 2 is 1.77 bits per heavy atom. The Labute approximate surface area is 214 Å². The molecule has 0 radical (unpaired) electrons. The number of nitrogens with zero attached hydrogens (tertiary/aromatic N) is 4. The fraction of sp³-hybridized carbons (Fsp3) is 0.429. The Kier molecular flexibility index (Phi) is 10.6. The molecule has 0 unspecified atom stereocenters. The van der Waals surface area contributed by atoms with E-state index in [1.807, 2.05) is 52.1 Å². The van der Waals surface area contributed by atoms with E-state index >= 15 is 0 Å². The average Bonchev–Trinajstić information content (AvgIpc) is 3.42. The van der Waals surface area contributed by atoms with Crippen LogP contribution in [0.1, 0.15) is 56.3 Å². The second-order valence-electron chi connectivity index (χ2n) is 8.64. The number of amides is 1. The number of unbranched alkanes of at least 4 members (excludes halogenated alkanes) is 4. The lowest BCUT2D eigenvalue weighted by atomic mass is 10.1. The van der Waals surface area contributed by atoms with E-state index in [4.69, 9.17) is 16.3 Å². The quantitative estimate of drug-likeness (QED) is 0.240. The highest BCUT2D eigenvalue weighted by molar-refractivity contribution is 6.32. The van der Waals surface area contributed by atoms with Crippen molar-refractivity contribution in [2.45, 2.75) is 46.0 Å². The van der Waals surface area contributed by atoms with Crippen LogP contribution >= 0.6 is 11.6 Å². The molecule has 1 amide bonds. The van der Waals surface area contributed by atoms with Crippen molar-refractivity contribution in [3.8, 4) is 11.4 Å². The van der Waals surface area contributed by atoms with Gasteiger partial charge in [0.2, 0.25) is 0 Å². The summed E-state index contributed by atoms with van der Waals surface area (Å²) >= 11 is 6.42. The molecule has 6 nitrogen and oxygen atoms in total. The first-order valence-corrected chi connectivity index (χ1v) is 12.9. The van der Waals surface area contributed by atoms with Gasteiger partial charge in [0.25, 0.3) is 5.91 Å². The van der Waals surface area contributed by atoms with Crippen molar-refractivity contribution >= 4 is 23.2 Å².